The minimum absolute atomic E-state index is 0.102. The molecule has 2 amide bonds. The summed E-state index contributed by atoms with van der Waals surface area (Å²) >= 11 is 0. The largest absolute Gasteiger partial charge is 0.460 e. The van der Waals surface area contributed by atoms with Gasteiger partial charge in [0.05, 0.1) is 0 Å². The SMILES string of the molecule is CC(C)(C)OC(=O)NC[C@H]1CC[C@H](C(=O)NCC(=O)OCc2ccccc2)CC1. The van der Waals surface area contributed by atoms with Gasteiger partial charge in [0, 0.05) is 12.5 Å². The number of ether oxygens (including phenoxy) is 2. The third-order valence-corrected chi connectivity index (χ3v) is 4.80. The highest BCUT2D eigenvalue weighted by Crippen LogP contribution is 2.28. The van der Waals surface area contributed by atoms with Crippen LogP contribution in [-0.2, 0) is 25.7 Å². The summed E-state index contributed by atoms with van der Waals surface area (Å²) in [6.45, 7) is 6.11. The molecule has 2 rings (SSSR count). The van der Waals surface area contributed by atoms with Crippen molar-refractivity contribution in [3.05, 3.63) is 35.9 Å². The van der Waals surface area contributed by atoms with Crippen molar-refractivity contribution < 1.29 is 23.9 Å². The fourth-order valence-electron chi connectivity index (χ4n) is 3.26. The fraction of sp³-hybridized carbons (Fsp3) is 0.591. The Bertz CT molecular complexity index is 676. The lowest BCUT2D eigenvalue weighted by Gasteiger charge is -2.28. The van der Waals surface area contributed by atoms with Crippen LogP contribution in [0.1, 0.15) is 52.0 Å². The van der Waals surface area contributed by atoms with Crippen molar-refractivity contribution >= 4 is 18.0 Å². The van der Waals surface area contributed by atoms with Crippen molar-refractivity contribution in [3.8, 4) is 0 Å². The molecular formula is C22H32N2O5. The molecule has 1 aliphatic rings. The van der Waals surface area contributed by atoms with E-state index in [2.05, 4.69) is 10.6 Å². The van der Waals surface area contributed by atoms with E-state index >= 15 is 0 Å². The number of esters is 1. The Labute approximate surface area is 172 Å². The number of carbonyl (C=O) groups is 3. The summed E-state index contributed by atoms with van der Waals surface area (Å²) in [5.41, 5.74) is 0.396. The molecule has 7 nitrogen and oxygen atoms in total. The zero-order valence-electron chi connectivity index (χ0n) is 17.5. The molecule has 1 aromatic rings. The van der Waals surface area contributed by atoms with Crippen LogP contribution < -0.4 is 10.6 Å². The summed E-state index contributed by atoms with van der Waals surface area (Å²) in [5, 5.41) is 5.47. The quantitative estimate of drug-likeness (QED) is 0.681. The lowest BCUT2D eigenvalue weighted by molar-refractivity contribution is -0.145. The Morgan fingerprint density at radius 1 is 1.00 bits per heavy atom. The molecule has 0 spiro atoms. The molecule has 0 radical (unpaired) electrons. The number of carbonyl (C=O) groups excluding carboxylic acids is 3. The van der Waals surface area contributed by atoms with Crippen molar-refractivity contribution in [3.63, 3.8) is 0 Å². The molecule has 0 atom stereocenters. The second-order valence-corrected chi connectivity index (χ2v) is 8.46. The highest BCUT2D eigenvalue weighted by atomic mass is 16.6. The Hall–Kier alpha value is -2.57. The summed E-state index contributed by atoms with van der Waals surface area (Å²) in [5.74, 6) is -0.324. The fourth-order valence-corrected chi connectivity index (χ4v) is 3.26. The molecule has 2 N–H and O–H groups in total. The standard InChI is InChI=1S/C22H32N2O5/c1-22(2,3)29-21(27)24-13-16-9-11-18(12-10-16)20(26)23-14-19(25)28-15-17-7-5-4-6-8-17/h4-8,16,18H,9-15H2,1-3H3,(H,23,26)(H,24,27)/t16-,18-. The number of hydrogen-bond donors (Lipinski definition) is 2. The van der Waals surface area contributed by atoms with E-state index in [0.29, 0.717) is 12.5 Å². The highest BCUT2D eigenvalue weighted by molar-refractivity contribution is 5.83. The van der Waals surface area contributed by atoms with Crippen LogP contribution in [-0.4, -0.2) is 36.7 Å². The molecule has 29 heavy (non-hydrogen) atoms. The monoisotopic (exact) mass is 404 g/mol. The molecule has 160 valence electrons. The highest BCUT2D eigenvalue weighted by Gasteiger charge is 2.27. The predicted octanol–water partition coefficient (Wildman–Crippen LogP) is 3.18. The van der Waals surface area contributed by atoms with Crippen LogP contribution in [0.2, 0.25) is 0 Å². The Morgan fingerprint density at radius 3 is 2.28 bits per heavy atom. The minimum atomic E-state index is -0.512. The molecule has 1 aromatic carbocycles. The number of alkyl carbamates (subject to hydrolysis) is 1. The number of rotatable bonds is 7. The van der Waals surface area contributed by atoms with Crippen molar-refractivity contribution in [1.82, 2.24) is 10.6 Å². The van der Waals surface area contributed by atoms with Gasteiger partial charge in [-0.2, -0.15) is 0 Å². The van der Waals surface area contributed by atoms with E-state index in [1.165, 1.54) is 0 Å². The zero-order chi connectivity index (χ0) is 21.3. The topological polar surface area (TPSA) is 93.7 Å². The van der Waals surface area contributed by atoms with E-state index in [1.54, 1.807) is 0 Å². The maximum atomic E-state index is 12.3. The molecule has 0 aliphatic heterocycles. The maximum absolute atomic E-state index is 12.3. The summed E-state index contributed by atoms with van der Waals surface area (Å²) in [6.07, 6.45) is 2.78. The van der Waals surface area contributed by atoms with Gasteiger partial charge in [-0.15, -0.1) is 0 Å². The Kier molecular flexibility index (Phi) is 8.49. The van der Waals surface area contributed by atoms with Crippen molar-refractivity contribution in [2.45, 2.75) is 58.7 Å². The van der Waals surface area contributed by atoms with E-state index in [9.17, 15) is 14.4 Å². The van der Waals surface area contributed by atoms with Gasteiger partial charge in [-0.05, 0) is 57.9 Å². The van der Waals surface area contributed by atoms with Gasteiger partial charge >= 0.3 is 12.1 Å². The molecule has 1 saturated carbocycles. The van der Waals surface area contributed by atoms with Gasteiger partial charge in [0.1, 0.15) is 18.8 Å². The molecule has 0 heterocycles. The van der Waals surface area contributed by atoms with Crippen molar-refractivity contribution in [2.75, 3.05) is 13.1 Å². The summed E-state index contributed by atoms with van der Waals surface area (Å²) in [4.78, 5) is 35.8. The molecule has 0 saturated heterocycles. The average molecular weight is 405 g/mol. The third-order valence-electron chi connectivity index (χ3n) is 4.80. The number of hydrogen-bond acceptors (Lipinski definition) is 5. The van der Waals surface area contributed by atoms with E-state index < -0.39 is 17.7 Å². The predicted molar refractivity (Wildman–Crippen MR) is 109 cm³/mol. The first-order chi connectivity index (χ1) is 13.7. The number of amides is 2. The molecular weight excluding hydrogens is 372 g/mol. The first kappa shape index (κ1) is 22.7. The van der Waals surface area contributed by atoms with Crippen LogP contribution in [0.5, 0.6) is 0 Å². The molecule has 0 bridgehead atoms. The second kappa shape index (κ2) is 10.8. The van der Waals surface area contributed by atoms with Crippen LogP contribution in [0.15, 0.2) is 30.3 Å². The van der Waals surface area contributed by atoms with Crippen LogP contribution in [0, 0.1) is 11.8 Å². The smallest absolute Gasteiger partial charge is 0.407 e. The molecule has 0 aromatic heterocycles. The van der Waals surface area contributed by atoms with Crippen LogP contribution in [0.3, 0.4) is 0 Å². The van der Waals surface area contributed by atoms with E-state index in [1.807, 2.05) is 51.1 Å². The van der Waals surface area contributed by atoms with E-state index in [-0.39, 0.29) is 25.0 Å². The van der Waals surface area contributed by atoms with E-state index in [4.69, 9.17) is 9.47 Å². The van der Waals surface area contributed by atoms with Gasteiger partial charge in [-0.3, -0.25) is 9.59 Å². The maximum Gasteiger partial charge on any atom is 0.407 e. The van der Waals surface area contributed by atoms with Gasteiger partial charge in [-0.25, -0.2) is 4.79 Å². The van der Waals surface area contributed by atoms with E-state index in [0.717, 1.165) is 31.2 Å². The first-order valence-corrected chi connectivity index (χ1v) is 10.2. The summed E-state index contributed by atoms with van der Waals surface area (Å²) in [6, 6.07) is 9.41. The number of benzene rings is 1. The Morgan fingerprint density at radius 2 is 1.66 bits per heavy atom. The molecule has 1 fully saturated rings. The average Bonchev–Trinajstić information content (AvgIpc) is 2.69. The zero-order valence-corrected chi connectivity index (χ0v) is 17.5. The van der Waals surface area contributed by atoms with Gasteiger partial charge in [0.25, 0.3) is 0 Å². The normalized spacial score (nSPS) is 19.1. The van der Waals surface area contributed by atoms with Gasteiger partial charge in [0.15, 0.2) is 0 Å². The Balaban J connectivity index is 1.60. The minimum Gasteiger partial charge on any atom is -0.460 e. The molecule has 7 heteroatoms. The molecule has 0 unspecified atom stereocenters. The van der Waals surface area contributed by atoms with Gasteiger partial charge < -0.3 is 20.1 Å². The third kappa shape index (κ3) is 8.98. The van der Waals surface area contributed by atoms with Gasteiger partial charge in [-0.1, -0.05) is 30.3 Å². The van der Waals surface area contributed by atoms with Crippen molar-refractivity contribution in [2.24, 2.45) is 11.8 Å². The lowest BCUT2D eigenvalue weighted by atomic mass is 9.81. The number of nitrogens with one attached hydrogen (secondary N) is 2. The lowest BCUT2D eigenvalue weighted by Crippen LogP contribution is -2.39. The van der Waals surface area contributed by atoms with Crippen molar-refractivity contribution in [1.29, 1.82) is 0 Å². The summed E-state index contributed by atoms with van der Waals surface area (Å²) in [7, 11) is 0. The van der Waals surface area contributed by atoms with Gasteiger partial charge in [0.2, 0.25) is 5.91 Å². The molecule has 1 aliphatic carbocycles. The van der Waals surface area contributed by atoms with Crippen LogP contribution >= 0.6 is 0 Å². The van der Waals surface area contributed by atoms with Crippen LogP contribution in [0.4, 0.5) is 4.79 Å². The first-order valence-electron chi connectivity index (χ1n) is 10.2. The second-order valence-electron chi connectivity index (χ2n) is 8.46. The van der Waals surface area contributed by atoms with Crippen LogP contribution in [0.25, 0.3) is 0 Å². The summed E-state index contributed by atoms with van der Waals surface area (Å²) < 4.78 is 10.4.